The summed E-state index contributed by atoms with van der Waals surface area (Å²) in [5, 5.41) is 5.09. The van der Waals surface area contributed by atoms with Crippen molar-refractivity contribution in [2.75, 3.05) is 0 Å². The summed E-state index contributed by atoms with van der Waals surface area (Å²) in [7, 11) is 0. The van der Waals surface area contributed by atoms with Gasteiger partial charge in [-0.25, -0.2) is 0 Å². The highest BCUT2D eigenvalue weighted by atomic mass is 32.1. The molecule has 19 heavy (non-hydrogen) atoms. The van der Waals surface area contributed by atoms with E-state index in [-0.39, 0.29) is 11.9 Å². The SMILES string of the molecule is CC1(C)CC(NC(=O)c2cc(S)cs2)CC(C)(C)C1. The van der Waals surface area contributed by atoms with Gasteiger partial charge in [-0.1, -0.05) is 27.7 Å². The second-order valence-electron chi connectivity index (χ2n) is 7.25. The van der Waals surface area contributed by atoms with Crippen LogP contribution in [0.2, 0.25) is 0 Å². The Kier molecular flexibility index (Phi) is 4.03. The normalized spacial score (nSPS) is 22.2. The van der Waals surface area contributed by atoms with Crippen LogP contribution in [0.25, 0.3) is 0 Å². The van der Waals surface area contributed by atoms with E-state index in [2.05, 4.69) is 45.6 Å². The lowest BCUT2D eigenvalue weighted by molar-refractivity contribution is 0.0716. The first-order valence-electron chi connectivity index (χ1n) is 6.75. The molecular weight excluding hydrogens is 274 g/mol. The van der Waals surface area contributed by atoms with Crippen LogP contribution in [0.15, 0.2) is 16.3 Å². The highest BCUT2D eigenvalue weighted by Gasteiger charge is 2.38. The van der Waals surface area contributed by atoms with Crippen LogP contribution < -0.4 is 5.32 Å². The summed E-state index contributed by atoms with van der Waals surface area (Å²) in [6, 6.07) is 2.11. The quantitative estimate of drug-likeness (QED) is 0.780. The minimum atomic E-state index is 0.0452. The molecule has 1 aromatic heterocycles. The zero-order chi connectivity index (χ0) is 14.3. The van der Waals surface area contributed by atoms with Gasteiger partial charge in [-0.15, -0.1) is 24.0 Å². The highest BCUT2D eigenvalue weighted by molar-refractivity contribution is 7.80. The van der Waals surface area contributed by atoms with Crippen molar-refractivity contribution in [2.24, 2.45) is 10.8 Å². The fourth-order valence-electron chi connectivity index (χ4n) is 3.65. The van der Waals surface area contributed by atoms with Gasteiger partial charge in [-0.3, -0.25) is 4.79 Å². The number of thiophene rings is 1. The van der Waals surface area contributed by atoms with Gasteiger partial charge in [0.05, 0.1) is 4.88 Å². The third-order valence-corrected chi connectivity index (χ3v) is 5.06. The van der Waals surface area contributed by atoms with Crippen LogP contribution >= 0.6 is 24.0 Å². The summed E-state index contributed by atoms with van der Waals surface area (Å²) in [6.45, 7) is 9.18. The van der Waals surface area contributed by atoms with Crippen LogP contribution in [-0.4, -0.2) is 11.9 Å². The Balaban J connectivity index is 2.04. The summed E-state index contributed by atoms with van der Waals surface area (Å²) in [4.78, 5) is 13.8. The lowest BCUT2D eigenvalue weighted by Crippen LogP contribution is -2.45. The maximum absolute atomic E-state index is 12.2. The molecular formula is C15H23NOS2. The van der Waals surface area contributed by atoms with Gasteiger partial charge in [0, 0.05) is 16.3 Å². The monoisotopic (exact) mass is 297 g/mol. The first-order valence-corrected chi connectivity index (χ1v) is 8.08. The number of thiol groups is 1. The number of carbonyl (C=O) groups excluding carboxylic acids is 1. The Morgan fingerprint density at radius 3 is 2.37 bits per heavy atom. The van der Waals surface area contributed by atoms with E-state index in [1.54, 1.807) is 0 Å². The van der Waals surface area contributed by atoms with Crippen molar-refractivity contribution in [3.05, 3.63) is 16.3 Å². The zero-order valence-corrected chi connectivity index (χ0v) is 13.8. The van der Waals surface area contributed by atoms with E-state index in [0.717, 1.165) is 22.6 Å². The largest absolute Gasteiger partial charge is 0.349 e. The molecule has 1 aliphatic carbocycles. The van der Waals surface area contributed by atoms with Crippen LogP contribution in [-0.2, 0) is 0 Å². The molecule has 0 aromatic carbocycles. The first-order chi connectivity index (χ1) is 8.67. The number of carbonyl (C=O) groups is 1. The van der Waals surface area contributed by atoms with Crippen LogP contribution in [0.4, 0.5) is 0 Å². The van der Waals surface area contributed by atoms with Crippen molar-refractivity contribution in [3.8, 4) is 0 Å². The van der Waals surface area contributed by atoms with E-state index >= 15 is 0 Å². The lowest BCUT2D eigenvalue weighted by Gasteiger charge is -2.45. The summed E-state index contributed by atoms with van der Waals surface area (Å²) in [5.74, 6) is 0.0452. The molecule has 1 fully saturated rings. The Morgan fingerprint density at radius 1 is 1.32 bits per heavy atom. The van der Waals surface area contributed by atoms with Gasteiger partial charge in [0.2, 0.25) is 0 Å². The van der Waals surface area contributed by atoms with Crippen molar-refractivity contribution in [1.82, 2.24) is 5.32 Å². The molecule has 106 valence electrons. The number of hydrogen-bond acceptors (Lipinski definition) is 3. The number of rotatable bonds is 2. The summed E-state index contributed by atoms with van der Waals surface area (Å²) >= 11 is 5.71. The average Bonchev–Trinajstić information content (AvgIpc) is 2.59. The minimum absolute atomic E-state index is 0.0452. The zero-order valence-electron chi connectivity index (χ0n) is 12.1. The molecule has 1 amide bonds. The van der Waals surface area contributed by atoms with Crippen LogP contribution in [0, 0.1) is 10.8 Å². The van der Waals surface area contributed by atoms with E-state index in [1.165, 1.54) is 17.8 Å². The molecule has 0 unspecified atom stereocenters. The molecule has 1 N–H and O–H groups in total. The third-order valence-electron chi connectivity index (χ3n) is 3.70. The predicted octanol–water partition coefficient (Wildman–Crippen LogP) is 4.37. The Morgan fingerprint density at radius 2 is 1.89 bits per heavy atom. The second-order valence-corrected chi connectivity index (χ2v) is 8.68. The van der Waals surface area contributed by atoms with Gasteiger partial charge in [0.15, 0.2) is 0 Å². The van der Waals surface area contributed by atoms with E-state index < -0.39 is 0 Å². The van der Waals surface area contributed by atoms with E-state index in [0.29, 0.717) is 10.8 Å². The van der Waals surface area contributed by atoms with Gasteiger partial charge in [-0.05, 0) is 36.2 Å². The molecule has 0 saturated heterocycles. The smallest absolute Gasteiger partial charge is 0.261 e. The fourth-order valence-corrected chi connectivity index (χ4v) is 4.70. The topological polar surface area (TPSA) is 29.1 Å². The molecule has 4 heteroatoms. The molecule has 2 nitrogen and oxygen atoms in total. The highest BCUT2D eigenvalue weighted by Crippen LogP contribution is 2.45. The molecule has 0 aliphatic heterocycles. The van der Waals surface area contributed by atoms with Crippen molar-refractivity contribution >= 4 is 29.9 Å². The molecule has 1 saturated carbocycles. The minimum Gasteiger partial charge on any atom is -0.349 e. The Bertz CT molecular complexity index is 460. The van der Waals surface area contributed by atoms with Crippen LogP contribution in [0.3, 0.4) is 0 Å². The van der Waals surface area contributed by atoms with Gasteiger partial charge in [-0.2, -0.15) is 0 Å². The number of hydrogen-bond donors (Lipinski definition) is 2. The molecule has 0 radical (unpaired) electrons. The molecule has 0 spiro atoms. The molecule has 0 bridgehead atoms. The summed E-state index contributed by atoms with van der Waals surface area (Å²) in [6.07, 6.45) is 3.33. The fraction of sp³-hybridized carbons (Fsp3) is 0.667. The maximum Gasteiger partial charge on any atom is 0.261 e. The predicted molar refractivity (Wildman–Crippen MR) is 84.2 cm³/mol. The van der Waals surface area contributed by atoms with Crippen LogP contribution in [0.1, 0.15) is 56.6 Å². The van der Waals surface area contributed by atoms with Crippen molar-refractivity contribution < 1.29 is 4.79 Å². The molecule has 2 rings (SSSR count). The van der Waals surface area contributed by atoms with Crippen molar-refractivity contribution in [3.63, 3.8) is 0 Å². The second kappa shape index (κ2) is 5.13. The van der Waals surface area contributed by atoms with E-state index in [4.69, 9.17) is 0 Å². The lowest BCUT2D eigenvalue weighted by atomic mass is 9.63. The Labute approximate surface area is 125 Å². The summed E-state index contributed by atoms with van der Waals surface area (Å²) < 4.78 is 0. The van der Waals surface area contributed by atoms with Crippen molar-refractivity contribution in [1.29, 1.82) is 0 Å². The van der Waals surface area contributed by atoms with E-state index in [1.807, 2.05) is 11.4 Å². The molecule has 1 heterocycles. The average molecular weight is 297 g/mol. The number of amides is 1. The third kappa shape index (κ3) is 3.99. The van der Waals surface area contributed by atoms with Gasteiger partial charge >= 0.3 is 0 Å². The first kappa shape index (κ1) is 14.9. The van der Waals surface area contributed by atoms with Crippen LogP contribution in [0.5, 0.6) is 0 Å². The standard InChI is InChI=1S/C15H23NOS2/c1-14(2)6-10(7-15(3,4)9-14)16-13(17)12-5-11(18)8-19-12/h5,8,10,18H,6-7,9H2,1-4H3,(H,16,17). The van der Waals surface area contributed by atoms with Gasteiger partial charge < -0.3 is 5.32 Å². The maximum atomic E-state index is 12.2. The number of nitrogens with one attached hydrogen (secondary N) is 1. The molecule has 0 atom stereocenters. The Hall–Kier alpha value is -0.480. The molecule has 1 aromatic rings. The van der Waals surface area contributed by atoms with Crippen molar-refractivity contribution in [2.45, 2.75) is 57.9 Å². The van der Waals surface area contributed by atoms with Gasteiger partial charge in [0.1, 0.15) is 0 Å². The van der Waals surface area contributed by atoms with E-state index in [9.17, 15) is 4.79 Å². The summed E-state index contributed by atoms with van der Waals surface area (Å²) in [5.41, 5.74) is 0.591. The van der Waals surface area contributed by atoms with Gasteiger partial charge in [0.25, 0.3) is 5.91 Å². The molecule has 1 aliphatic rings.